The molecule has 0 radical (unpaired) electrons. The molecule has 0 bridgehead atoms. The second-order valence-corrected chi connectivity index (χ2v) is 9.17. The van der Waals surface area contributed by atoms with Crippen LogP contribution in [0.4, 0.5) is 0 Å². The standard InChI is InChI=1S/C15H26N2O2S2/c1-11(2)13-6-5-8-17(13)21(18,19)15-7-9-20-14(15)10-16-12(3)4/h7,9,11-13,16H,5-6,8,10H2,1-4H3. The van der Waals surface area contributed by atoms with Gasteiger partial charge in [-0.05, 0) is 30.2 Å². The molecule has 0 spiro atoms. The number of rotatable bonds is 6. The van der Waals surface area contributed by atoms with Gasteiger partial charge < -0.3 is 5.32 Å². The Morgan fingerprint density at radius 1 is 1.38 bits per heavy atom. The van der Waals surface area contributed by atoms with Gasteiger partial charge in [-0.25, -0.2) is 8.42 Å². The summed E-state index contributed by atoms with van der Waals surface area (Å²) in [5.74, 6) is 0.359. The van der Waals surface area contributed by atoms with Crippen LogP contribution < -0.4 is 5.32 Å². The summed E-state index contributed by atoms with van der Waals surface area (Å²) in [4.78, 5) is 1.41. The summed E-state index contributed by atoms with van der Waals surface area (Å²) in [7, 11) is -3.36. The number of nitrogens with zero attached hydrogens (tertiary/aromatic N) is 1. The highest BCUT2D eigenvalue weighted by atomic mass is 32.2. The molecule has 0 amide bonds. The first-order valence-corrected chi connectivity index (χ1v) is 9.97. The minimum absolute atomic E-state index is 0.140. The van der Waals surface area contributed by atoms with E-state index in [2.05, 4.69) is 33.0 Å². The summed E-state index contributed by atoms with van der Waals surface area (Å²) in [6.07, 6.45) is 1.94. The van der Waals surface area contributed by atoms with E-state index in [9.17, 15) is 8.42 Å². The molecule has 0 aliphatic carbocycles. The summed E-state index contributed by atoms with van der Waals surface area (Å²) in [6, 6.07) is 2.24. The smallest absolute Gasteiger partial charge is 0.244 e. The van der Waals surface area contributed by atoms with Gasteiger partial charge in [0.25, 0.3) is 0 Å². The molecule has 0 saturated carbocycles. The first-order chi connectivity index (χ1) is 9.84. The van der Waals surface area contributed by atoms with Crippen LogP contribution in [0, 0.1) is 5.92 Å². The van der Waals surface area contributed by atoms with E-state index in [1.165, 1.54) is 11.3 Å². The Balaban J connectivity index is 2.26. The predicted octanol–water partition coefficient (Wildman–Crippen LogP) is 3.06. The van der Waals surface area contributed by atoms with Gasteiger partial charge in [-0.1, -0.05) is 27.7 Å². The lowest BCUT2D eigenvalue weighted by atomic mass is 10.0. The van der Waals surface area contributed by atoms with Crippen LogP contribution >= 0.6 is 11.3 Å². The fraction of sp³-hybridized carbons (Fsp3) is 0.733. The van der Waals surface area contributed by atoms with Gasteiger partial charge in [0.1, 0.15) is 0 Å². The Kier molecular flexibility index (Phi) is 5.46. The highest BCUT2D eigenvalue weighted by molar-refractivity contribution is 7.89. The lowest BCUT2D eigenvalue weighted by molar-refractivity contribution is 0.315. The van der Waals surface area contributed by atoms with E-state index in [4.69, 9.17) is 0 Å². The van der Waals surface area contributed by atoms with Crippen LogP contribution in [-0.4, -0.2) is 31.4 Å². The van der Waals surface area contributed by atoms with E-state index < -0.39 is 10.0 Å². The average Bonchev–Trinajstić information content (AvgIpc) is 3.05. The van der Waals surface area contributed by atoms with Gasteiger partial charge in [0.05, 0.1) is 4.90 Å². The third kappa shape index (κ3) is 3.67. The largest absolute Gasteiger partial charge is 0.310 e. The van der Waals surface area contributed by atoms with Crippen molar-refractivity contribution in [2.24, 2.45) is 5.92 Å². The van der Waals surface area contributed by atoms with E-state index >= 15 is 0 Å². The fourth-order valence-corrected chi connectivity index (χ4v) is 6.03. The normalized spacial score (nSPS) is 20.8. The lowest BCUT2D eigenvalue weighted by Crippen LogP contribution is -2.38. The van der Waals surface area contributed by atoms with Crippen LogP contribution in [0.15, 0.2) is 16.3 Å². The number of sulfonamides is 1. The molecule has 1 fully saturated rings. The topological polar surface area (TPSA) is 49.4 Å². The summed E-state index contributed by atoms with van der Waals surface area (Å²) in [5.41, 5.74) is 0. The van der Waals surface area contributed by atoms with Crippen molar-refractivity contribution in [3.63, 3.8) is 0 Å². The Labute approximate surface area is 132 Å². The van der Waals surface area contributed by atoms with Crippen molar-refractivity contribution in [3.05, 3.63) is 16.3 Å². The zero-order chi connectivity index (χ0) is 15.6. The van der Waals surface area contributed by atoms with Gasteiger partial charge in [-0.2, -0.15) is 4.31 Å². The van der Waals surface area contributed by atoms with Gasteiger partial charge in [0.15, 0.2) is 0 Å². The third-order valence-corrected chi connectivity index (χ3v) is 7.04. The second kappa shape index (κ2) is 6.77. The van der Waals surface area contributed by atoms with Crippen LogP contribution in [0.25, 0.3) is 0 Å². The van der Waals surface area contributed by atoms with Crippen molar-refractivity contribution in [2.45, 2.75) is 64.1 Å². The van der Waals surface area contributed by atoms with E-state index in [-0.39, 0.29) is 6.04 Å². The quantitative estimate of drug-likeness (QED) is 0.872. The van der Waals surface area contributed by atoms with Crippen molar-refractivity contribution < 1.29 is 8.42 Å². The summed E-state index contributed by atoms with van der Waals surface area (Å²) < 4.78 is 27.7. The van der Waals surface area contributed by atoms with Gasteiger partial charge in [-0.3, -0.25) is 0 Å². The number of nitrogens with one attached hydrogen (secondary N) is 1. The highest BCUT2D eigenvalue weighted by Gasteiger charge is 2.37. The SMILES string of the molecule is CC(C)NCc1sccc1S(=O)(=O)N1CCCC1C(C)C. The van der Waals surface area contributed by atoms with Crippen molar-refractivity contribution in [1.82, 2.24) is 9.62 Å². The molecule has 21 heavy (non-hydrogen) atoms. The molecular formula is C15H26N2O2S2. The monoisotopic (exact) mass is 330 g/mol. The Bertz CT molecular complexity index is 564. The molecule has 2 heterocycles. The highest BCUT2D eigenvalue weighted by Crippen LogP contribution is 2.33. The zero-order valence-corrected chi connectivity index (χ0v) is 14.9. The van der Waals surface area contributed by atoms with Gasteiger partial charge >= 0.3 is 0 Å². The van der Waals surface area contributed by atoms with Crippen LogP contribution in [0.1, 0.15) is 45.4 Å². The van der Waals surface area contributed by atoms with Crippen LogP contribution in [0.3, 0.4) is 0 Å². The molecular weight excluding hydrogens is 304 g/mol. The third-order valence-electron chi connectivity index (χ3n) is 3.98. The summed E-state index contributed by atoms with van der Waals surface area (Å²) in [5, 5.41) is 5.19. The predicted molar refractivity (Wildman–Crippen MR) is 88.0 cm³/mol. The van der Waals surface area contributed by atoms with Crippen molar-refractivity contribution in [3.8, 4) is 0 Å². The lowest BCUT2D eigenvalue weighted by Gasteiger charge is -2.27. The van der Waals surface area contributed by atoms with Crippen molar-refractivity contribution in [2.75, 3.05) is 6.54 Å². The first kappa shape index (κ1) is 16.9. The summed E-state index contributed by atoms with van der Waals surface area (Å²) in [6.45, 7) is 9.61. The Morgan fingerprint density at radius 2 is 2.10 bits per heavy atom. The van der Waals surface area contributed by atoms with Crippen molar-refractivity contribution >= 4 is 21.4 Å². The molecule has 1 aliphatic heterocycles. The van der Waals surface area contributed by atoms with E-state index in [0.717, 1.165) is 17.7 Å². The van der Waals surface area contributed by atoms with Gasteiger partial charge in [0.2, 0.25) is 10.0 Å². The van der Waals surface area contributed by atoms with Gasteiger partial charge in [0, 0.05) is 30.1 Å². The Hall–Kier alpha value is -0.430. The van der Waals surface area contributed by atoms with Gasteiger partial charge in [-0.15, -0.1) is 11.3 Å². The molecule has 1 N–H and O–H groups in total. The maximum atomic E-state index is 13.0. The second-order valence-electron chi connectivity index (χ2n) is 6.31. The minimum atomic E-state index is -3.36. The molecule has 1 unspecified atom stereocenters. The molecule has 1 saturated heterocycles. The van der Waals surface area contributed by atoms with Crippen LogP contribution in [0.2, 0.25) is 0 Å². The molecule has 1 aromatic rings. The minimum Gasteiger partial charge on any atom is -0.310 e. The average molecular weight is 331 g/mol. The maximum absolute atomic E-state index is 13.0. The first-order valence-electron chi connectivity index (χ1n) is 7.65. The number of hydrogen-bond acceptors (Lipinski definition) is 4. The fourth-order valence-electron chi connectivity index (χ4n) is 2.84. The van der Waals surface area contributed by atoms with E-state index in [1.807, 2.05) is 5.38 Å². The van der Waals surface area contributed by atoms with Crippen molar-refractivity contribution in [1.29, 1.82) is 0 Å². The molecule has 2 rings (SSSR count). The maximum Gasteiger partial charge on any atom is 0.244 e. The van der Waals surface area contributed by atoms with Crippen LogP contribution in [0.5, 0.6) is 0 Å². The molecule has 1 aliphatic rings. The molecule has 1 atom stereocenters. The molecule has 1 aromatic heterocycles. The number of thiophene rings is 1. The van der Waals surface area contributed by atoms with E-state index in [1.54, 1.807) is 10.4 Å². The molecule has 120 valence electrons. The Morgan fingerprint density at radius 3 is 2.71 bits per heavy atom. The zero-order valence-electron chi connectivity index (χ0n) is 13.3. The molecule has 4 nitrogen and oxygen atoms in total. The van der Waals surface area contributed by atoms with Crippen LogP contribution in [-0.2, 0) is 16.6 Å². The number of hydrogen-bond donors (Lipinski definition) is 1. The molecule has 0 aromatic carbocycles. The molecule has 6 heteroatoms. The van der Waals surface area contributed by atoms with E-state index in [0.29, 0.717) is 29.9 Å². The summed E-state index contributed by atoms with van der Waals surface area (Å²) >= 11 is 1.52.